The number of rotatable bonds is 3. The standard InChI is InChI=1S/C10H15N3/c1-3-5-9(4-2)7-13-8-10(11)6-12-13/h3-6,8H,7,11H2,1-2H3. The lowest BCUT2D eigenvalue weighted by atomic mass is 10.2. The van der Waals surface area contributed by atoms with Gasteiger partial charge in [-0.1, -0.05) is 18.2 Å². The fraction of sp³-hybridized carbons (Fsp3) is 0.300. The molecule has 0 bridgehead atoms. The van der Waals surface area contributed by atoms with Gasteiger partial charge in [-0.05, 0) is 19.4 Å². The monoisotopic (exact) mass is 177 g/mol. The van der Waals surface area contributed by atoms with Gasteiger partial charge in [0.15, 0.2) is 0 Å². The van der Waals surface area contributed by atoms with Gasteiger partial charge in [0.1, 0.15) is 0 Å². The molecule has 1 rings (SSSR count). The molecule has 0 atom stereocenters. The number of hydrogen-bond donors (Lipinski definition) is 1. The van der Waals surface area contributed by atoms with Crippen LogP contribution in [0.3, 0.4) is 0 Å². The van der Waals surface area contributed by atoms with Gasteiger partial charge in [-0.25, -0.2) is 0 Å². The highest BCUT2D eigenvalue weighted by molar-refractivity contribution is 5.31. The second-order valence-corrected chi connectivity index (χ2v) is 2.83. The molecule has 0 saturated carbocycles. The Morgan fingerprint density at radius 2 is 2.38 bits per heavy atom. The van der Waals surface area contributed by atoms with Crippen LogP contribution in [0.4, 0.5) is 5.69 Å². The molecule has 13 heavy (non-hydrogen) atoms. The fourth-order valence-electron chi connectivity index (χ4n) is 1.11. The first-order valence-corrected chi connectivity index (χ1v) is 4.32. The van der Waals surface area contributed by atoms with Crippen LogP contribution in [-0.4, -0.2) is 9.78 Å². The van der Waals surface area contributed by atoms with Crippen LogP contribution in [0.5, 0.6) is 0 Å². The molecule has 0 amide bonds. The molecular formula is C10H15N3. The summed E-state index contributed by atoms with van der Waals surface area (Å²) in [7, 11) is 0. The first-order chi connectivity index (χ1) is 6.26. The normalized spacial score (nSPS) is 12.6. The SMILES string of the molecule is CC=CC(=CC)Cn1cc(N)cn1. The highest BCUT2D eigenvalue weighted by atomic mass is 15.3. The Labute approximate surface area is 78.6 Å². The van der Waals surface area contributed by atoms with E-state index in [0.29, 0.717) is 5.69 Å². The Kier molecular flexibility index (Phi) is 3.31. The summed E-state index contributed by atoms with van der Waals surface area (Å²) in [6, 6.07) is 0. The third kappa shape index (κ3) is 2.78. The van der Waals surface area contributed by atoms with Crippen LogP contribution >= 0.6 is 0 Å². The number of anilines is 1. The van der Waals surface area contributed by atoms with E-state index in [1.807, 2.05) is 30.8 Å². The molecule has 0 unspecified atom stereocenters. The van der Waals surface area contributed by atoms with Crippen LogP contribution in [0, 0.1) is 0 Å². The molecule has 1 heterocycles. The minimum Gasteiger partial charge on any atom is -0.396 e. The number of nitrogens with zero attached hydrogens (tertiary/aromatic N) is 2. The van der Waals surface area contributed by atoms with Crippen molar-refractivity contribution in [3.63, 3.8) is 0 Å². The van der Waals surface area contributed by atoms with Crippen LogP contribution < -0.4 is 5.73 Å². The van der Waals surface area contributed by atoms with Gasteiger partial charge in [-0.3, -0.25) is 4.68 Å². The van der Waals surface area contributed by atoms with E-state index in [1.165, 1.54) is 5.57 Å². The molecule has 0 aliphatic rings. The van der Waals surface area contributed by atoms with Gasteiger partial charge in [0.05, 0.1) is 18.4 Å². The van der Waals surface area contributed by atoms with Crippen molar-refractivity contribution in [2.45, 2.75) is 20.4 Å². The first-order valence-electron chi connectivity index (χ1n) is 4.32. The fourth-order valence-corrected chi connectivity index (χ4v) is 1.11. The Bertz CT molecular complexity index is 321. The van der Waals surface area contributed by atoms with E-state index in [9.17, 15) is 0 Å². The zero-order valence-corrected chi connectivity index (χ0v) is 8.07. The van der Waals surface area contributed by atoms with Crippen LogP contribution in [0.1, 0.15) is 13.8 Å². The quantitative estimate of drug-likeness (QED) is 0.717. The number of allylic oxidation sites excluding steroid dienone is 4. The van der Waals surface area contributed by atoms with Gasteiger partial charge in [0.25, 0.3) is 0 Å². The van der Waals surface area contributed by atoms with Gasteiger partial charge >= 0.3 is 0 Å². The van der Waals surface area contributed by atoms with Crippen molar-refractivity contribution in [1.29, 1.82) is 0 Å². The molecule has 0 spiro atoms. The van der Waals surface area contributed by atoms with Gasteiger partial charge < -0.3 is 5.73 Å². The molecular weight excluding hydrogens is 162 g/mol. The summed E-state index contributed by atoms with van der Waals surface area (Å²) in [4.78, 5) is 0. The van der Waals surface area contributed by atoms with Crippen LogP contribution in [0.2, 0.25) is 0 Å². The molecule has 0 radical (unpaired) electrons. The molecule has 0 fully saturated rings. The zero-order chi connectivity index (χ0) is 9.68. The van der Waals surface area contributed by atoms with Gasteiger partial charge in [-0.15, -0.1) is 0 Å². The lowest BCUT2D eigenvalue weighted by molar-refractivity contribution is 0.685. The number of aromatic nitrogens is 2. The maximum atomic E-state index is 5.55. The minimum absolute atomic E-state index is 0.705. The largest absolute Gasteiger partial charge is 0.396 e. The third-order valence-electron chi connectivity index (χ3n) is 1.75. The molecule has 1 aromatic rings. The summed E-state index contributed by atoms with van der Waals surface area (Å²) in [5.41, 5.74) is 7.48. The van der Waals surface area contributed by atoms with Crippen LogP contribution in [0.15, 0.2) is 36.2 Å². The third-order valence-corrected chi connectivity index (χ3v) is 1.75. The van der Waals surface area contributed by atoms with Crippen molar-refractivity contribution in [3.05, 3.63) is 36.2 Å². The second-order valence-electron chi connectivity index (χ2n) is 2.83. The van der Waals surface area contributed by atoms with Crippen molar-refractivity contribution < 1.29 is 0 Å². The molecule has 3 nitrogen and oxygen atoms in total. The summed E-state index contributed by atoms with van der Waals surface area (Å²) in [5.74, 6) is 0. The van der Waals surface area contributed by atoms with Crippen molar-refractivity contribution in [1.82, 2.24) is 9.78 Å². The smallest absolute Gasteiger partial charge is 0.0719 e. The van der Waals surface area contributed by atoms with E-state index in [2.05, 4.69) is 17.3 Å². The maximum Gasteiger partial charge on any atom is 0.0719 e. The topological polar surface area (TPSA) is 43.8 Å². The number of hydrogen-bond acceptors (Lipinski definition) is 2. The highest BCUT2D eigenvalue weighted by Crippen LogP contribution is 2.04. The Morgan fingerprint density at radius 3 is 2.85 bits per heavy atom. The van der Waals surface area contributed by atoms with E-state index in [-0.39, 0.29) is 0 Å². The van der Waals surface area contributed by atoms with Crippen molar-refractivity contribution in [3.8, 4) is 0 Å². The van der Waals surface area contributed by atoms with E-state index in [0.717, 1.165) is 6.54 Å². The van der Waals surface area contributed by atoms with Gasteiger partial charge in [0.2, 0.25) is 0 Å². The van der Waals surface area contributed by atoms with E-state index >= 15 is 0 Å². The van der Waals surface area contributed by atoms with Gasteiger partial charge in [-0.2, -0.15) is 5.10 Å². The molecule has 0 aromatic carbocycles. The average Bonchev–Trinajstić information content (AvgIpc) is 2.50. The molecule has 0 saturated heterocycles. The van der Waals surface area contributed by atoms with Crippen LogP contribution in [0.25, 0.3) is 0 Å². The predicted molar refractivity (Wildman–Crippen MR) is 55.2 cm³/mol. The molecule has 3 heteroatoms. The second kappa shape index (κ2) is 4.50. The number of nitrogen functional groups attached to an aromatic ring is 1. The first kappa shape index (κ1) is 9.58. The molecule has 0 aliphatic heterocycles. The van der Waals surface area contributed by atoms with E-state index in [1.54, 1.807) is 6.20 Å². The zero-order valence-electron chi connectivity index (χ0n) is 8.07. The summed E-state index contributed by atoms with van der Waals surface area (Å²) in [6.07, 6.45) is 9.63. The lowest BCUT2D eigenvalue weighted by Gasteiger charge is -2.00. The Hall–Kier alpha value is -1.51. The molecule has 0 aliphatic carbocycles. The lowest BCUT2D eigenvalue weighted by Crippen LogP contribution is -1.99. The molecule has 2 N–H and O–H groups in total. The minimum atomic E-state index is 0.705. The van der Waals surface area contributed by atoms with E-state index in [4.69, 9.17) is 5.73 Å². The van der Waals surface area contributed by atoms with Crippen molar-refractivity contribution in [2.24, 2.45) is 0 Å². The van der Waals surface area contributed by atoms with Crippen LogP contribution in [-0.2, 0) is 6.54 Å². The van der Waals surface area contributed by atoms with Crippen molar-refractivity contribution in [2.75, 3.05) is 5.73 Å². The average molecular weight is 177 g/mol. The summed E-state index contributed by atoms with van der Waals surface area (Å²) in [6.45, 7) is 4.79. The summed E-state index contributed by atoms with van der Waals surface area (Å²) < 4.78 is 1.82. The maximum absolute atomic E-state index is 5.55. The summed E-state index contributed by atoms with van der Waals surface area (Å²) in [5, 5.41) is 4.10. The van der Waals surface area contributed by atoms with E-state index < -0.39 is 0 Å². The highest BCUT2D eigenvalue weighted by Gasteiger charge is 1.95. The Morgan fingerprint density at radius 1 is 1.62 bits per heavy atom. The summed E-state index contributed by atoms with van der Waals surface area (Å²) >= 11 is 0. The predicted octanol–water partition coefficient (Wildman–Crippen LogP) is 1.99. The van der Waals surface area contributed by atoms with Gasteiger partial charge in [0, 0.05) is 6.20 Å². The number of nitrogens with two attached hydrogens (primary N) is 1. The van der Waals surface area contributed by atoms with Crippen molar-refractivity contribution >= 4 is 5.69 Å². The molecule has 70 valence electrons. The Balaban J connectivity index is 2.67. The molecule has 1 aromatic heterocycles.